The fraction of sp³-hybridized carbons (Fsp3) is 0.429. The Morgan fingerprint density at radius 1 is 1.52 bits per heavy atom. The van der Waals surface area contributed by atoms with Crippen molar-refractivity contribution in [3.63, 3.8) is 0 Å². The van der Waals surface area contributed by atoms with Gasteiger partial charge >= 0.3 is 5.97 Å². The van der Waals surface area contributed by atoms with Crippen molar-refractivity contribution in [3.8, 4) is 0 Å². The van der Waals surface area contributed by atoms with Gasteiger partial charge in [0, 0.05) is 28.1 Å². The minimum atomic E-state index is -0.884. The molecule has 0 spiro atoms. The largest absolute Gasteiger partial charge is 0.481 e. The van der Waals surface area contributed by atoms with E-state index in [0.717, 1.165) is 15.8 Å². The molecule has 1 unspecified atom stereocenters. The summed E-state index contributed by atoms with van der Waals surface area (Å²) in [5, 5.41) is 9.47. The van der Waals surface area contributed by atoms with E-state index in [1.54, 1.807) is 28.8 Å². The van der Waals surface area contributed by atoms with Gasteiger partial charge in [-0.2, -0.15) is 11.8 Å². The Hall–Kier alpha value is -0.720. The SMILES string of the molecule is Cc1cc(C(=O)N2CCSCC2CC(=O)O)cc(Cl)c1Br. The molecular weight excluding hydrogens is 378 g/mol. The maximum Gasteiger partial charge on any atom is 0.305 e. The van der Waals surface area contributed by atoms with Gasteiger partial charge in [0.25, 0.3) is 5.91 Å². The summed E-state index contributed by atoms with van der Waals surface area (Å²) in [7, 11) is 0. The van der Waals surface area contributed by atoms with Gasteiger partial charge in [-0.05, 0) is 40.5 Å². The molecule has 1 heterocycles. The van der Waals surface area contributed by atoms with E-state index < -0.39 is 5.97 Å². The molecule has 1 aromatic rings. The van der Waals surface area contributed by atoms with Crippen molar-refractivity contribution in [1.82, 2.24) is 4.90 Å². The first kappa shape index (κ1) is 16.6. The first-order chi connectivity index (χ1) is 9.90. The fourth-order valence-electron chi connectivity index (χ4n) is 2.31. The molecule has 1 atom stereocenters. The van der Waals surface area contributed by atoms with Crippen molar-refractivity contribution >= 4 is 51.2 Å². The molecule has 1 fully saturated rings. The summed E-state index contributed by atoms with van der Waals surface area (Å²) in [6, 6.07) is 3.13. The highest BCUT2D eigenvalue weighted by Crippen LogP contribution is 2.29. The van der Waals surface area contributed by atoms with E-state index in [-0.39, 0.29) is 18.4 Å². The van der Waals surface area contributed by atoms with E-state index in [9.17, 15) is 9.59 Å². The van der Waals surface area contributed by atoms with Gasteiger partial charge in [0.05, 0.1) is 17.5 Å². The second-order valence-electron chi connectivity index (χ2n) is 4.91. The molecule has 0 aliphatic carbocycles. The van der Waals surface area contributed by atoms with E-state index in [1.165, 1.54) is 0 Å². The van der Waals surface area contributed by atoms with Crippen LogP contribution in [0, 0.1) is 6.92 Å². The maximum absolute atomic E-state index is 12.7. The van der Waals surface area contributed by atoms with Crippen LogP contribution in [0.2, 0.25) is 5.02 Å². The maximum atomic E-state index is 12.7. The second kappa shape index (κ2) is 7.03. The lowest BCUT2D eigenvalue weighted by Crippen LogP contribution is -2.47. The number of carbonyl (C=O) groups excluding carboxylic acids is 1. The third-order valence-corrected chi connectivity index (χ3v) is 6.03. The number of nitrogens with zero attached hydrogens (tertiary/aromatic N) is 1. The average Bonchev–Trinajstić information content (AvgIpc) is 2.43. The Bertz CT molecular complexity index is 558. The Balaban J connectivity index is 2.26. The van der Waals surface area contributed by atoms with Crippen LogP contribution in [-0.2, 0) is 4.79 Å². The standard InChI is InChI=1S/C14H15BrClNO3S/c1-8-4-9(5-11(16)13(8)15)14(20)17-2-3-21-7-10(17)6-12(18)19/h4-5,10H,2-3,6-7H2,1H3,(H,18,19). The van der Waals surface area contributed by atoms with Crippen LogP contribution in [0.5, 0.6) is 0 Å². The number of hydrogen-bond donors (Lipinski definition) is 1. The highest BCUT2D eigenvalue weighted by molar-refractivity contribution is 9.10. The number of carboxylic acid groups (broad SMARTS) is 1. The third-order valence-electron chi connectivity index (χ3n) is 3.36. The number of benzene rings is 1. The van der Waals surface area contributed by atoms with Gasteiger partial charge in [0.1, 0.15) is 0 Å². The van der Waals surface area contributed by atoms with Crippen molar-refractivity contribution in [1.29, 1.82) is 0 Å². The predicted molar refractivity (Wildman–Crippen MR) is 88.3 cm³/mol. The van der Waals surface area contributed by atoms with Gasteiger partial charge in [-0.1, -0.05) is 11.6 Å². The summed E-state index contributed by atoms with van der Waals surface area (Å²) in [4.78, 5) is 25.3. The summed E-state index contributed by atoms with van der Waals surface area (Å²) < 4.78 is 0.775. The summed E-state index contributed by atoms with van der Waals surface area (Å²) in [6.45, 7) is 2.43. The third kappa shape index (κ3) is 3.93. The Morgan fingerprint density at radius 2 is 2.24 bits per heavy atom. The minimum absolute atomic E-state index is 0.0258. The van der Waals surface area contributed by atoms with E-state index in [4.69, 9.17) is 16.7 Å². The molecule has 1 N–H and O–H groups in total. The molecule has 0 bridgehead atoms. The zero-order valence-corrected chi connectivity index (χ0v) is 14.6. The predicted octanol–water partition coefficient (Wildman–Crippen LogP) is 3.44. The number of rotatable bonds is 3. The number of aryl methyl sites for hydroxylation is 1. The highest BCUT2D eigenvalue weighted by atomic mass is 79.9. The Kier molecular flexibility index (Phi) is 5.57. The van der Waals surface area contributed by atoms with E-state index in [0.29, 0.717) is 22.9 Å². The zero-order valence-electron chi connectivity index (χ0n) is 11.4. The summed E-state index contributed by atoms with van der Waals surface area (Å²) in [5.41, 5.74) is 1.38. The summed E-state index contributed by atoms with van der Waals surface area (Å²) in [5.74, 6) is 0.441. The quantitative estimate of drug-likeness (QED) is 0.856. The molecule has 1 aliphatic rings. The number of halogens is 2. The molecule has 1 amide bonds. The summed E-state index contributed by atoms with van der Waals surface area (Å²) in [6.07, 6.45) is -0.0258. The first-order valence-electron chi connectivity index (χ1n) is 6.46. The van der Waals surface area contributed by atoms with Crippen LogP contribution in [0.4, 0.5) is 0 Å². The first-order valence-corrected chi connectivity index (χ1v) is 8.79. The van der Waals surface area contributed by atoms with E-state index in [2.05, 4.69) is 15.9 Å². The molecular formula is C14H15BrClNO3S. The molecule has 0 aromatic heterocycles. The molecule has 7 heteroatoms. The molecule has 0 radical (unpaired) electrons. The van der Waals surface area contributed by atoms with Crippen LogP contribution in [0.25, 0.3) is 0 Å². The lowest BCUT2D eigenvalue weighted by Gasteiger charge is -2.34. The second-order valence-corrected chi connectivity index (χ2v) is 7.26. The topological polar surface area (TPSA) is 57.6 Å². The molecule has 1 aliphatic heterocycles. The Labute approximate surface area is 141 Å². The molecule has 1 saturated heterocycles. The van der Waals surface area contributed by atoms with Crippen molar-refractivity contribution in [2.75, 3.05) is 18.1 Å². The van der Waals surface area contributed by atoms with Crippen LogP contribution >= 0.6 is 39.3 Å². The molecule has 4 nitrogen and oxygen atoms in total. The minimum Gasteiger partial charge on any atom is -0.481 e. The number of hydrogen-bond acceptors (Lipinski definition) is 3. The van der Waals surface area contributed by atoms with E-state index in [1.807, 2.05) is 6.92 Å². The average molecular weight is 393 g/mol. The van der Waals surface area contributed by atoms with Crippen molar-refractivity contribution in [2.45, 2.75) is 19.4 Å². The number of amides is 1. The molecule has 114 valence electrons. The fourth-order valence-corrected chi connectivity index (χ4v) is 3.87. The van der Waals surface area contributed by atoms with Gasteiger partial charge < -0.3 is 10.0 Å². The normalized spacial score (nSPS) is 18.6. The van der Waals surface area contributed by atoms with Crippen LogP contribution < -0.4 is 0 Å². The van der Waals surface area contributed by atoms with Crippen LogP contribution in [-0.4, -0.2) is 46.0 Å². The van der Waals surface area contributed by atoms with Crippen molar-refractivity contribution in [2.24, 2.45) is 0 Å². The van der Waals surface area contributed by atoms with Gasteiger partial charge in [0.15, 0.2) is 0 Å². The van der Waals surface area contributed by atoms with Crippen LogP contribution in [0.1, 0.15) is 22.3 Å². The molecule has 21 heavy (non-hydrogen) atoms. The van der Waals surface area contributed by atoms with Crippen LogP contribution in [0.15, 0.2) is 16.6 Å². The Morgan fingerprint density at radius 3 is 2.86 bits per heavy atom. The molecule has 0 saturated carbocycles. The molecule has 2 rings (SSSR count). The zero-order chi connectivity index (χ0) is 15.6. The lowest BCUT2D eigenvalue weighted by atomic mass is 10.1. The number of carboxylic acids is 1. The smallest absolute Gasteiger partial charge is 0.305 e. The van der Waals surface area contributed by atoms with Gasteiger partial charge in [-0.3, -0.25) is 9.59 Å². The van der Waals surface area contributed by atoms with Crippen LogP contribution in [0.3, 0.4) is 0 Å². The molecule has 1 aromatic carbocycles. The summed E-state index contributed by atoms with van der Waals surface area (Å²) >= 11 is 11.2. The number of thioether (sulfide) groups is 1. The van der Waals surface area contributed by atoms with Gasteiger partial charge in [-0.25, -0.2) is 0 Å². The van der Waals surface area contributed by atoms with E-state index >= 15 is 0 Å². The monoisotopic (exact) mass is 391 g/mol. The van der Waals surface area contributed by atoms with Crippen molar-refractivity contribution < 1.29 is 14.7 Å². The lowest BCUT2D eigenvalue weighted by molar-refractivity contribution is -0.138. The van der Waals surface area contributed by atoms with Gasteiger partial charge in [0.2, 0.25) is 0 Å². The number of aliphatic carboxylic acids is 1. The highest BCUT2D eigenvalue weighted by Gasteiger charge is 2.29. The van der Waals surface area contributed by atoms with Crippen molar-refractivity contribution in [3.05, 3.63) is 32.8 Å². The number of carbonyl (C=O) groups is 2. The van der Waals surface area contributed by atoms with Gasteiger partial charge in [-0.15, -0.1) is 0 Å².